The predicted octanol–water partition coefficient (Wildman–Crippen LogP) is 3.62. The topological polar surface area (TPSA) is 12.9 Å². The van der Waals surface area contributed by atoms with Crippen molar-refractivity contribution in [2.45, 2.75) is 34.1 Å². The van der Waals surface area contributed by atoms with Gasteiger partial charge in [-0.25, -0.2) is 0 Å². The fourth-order valence-corrected chi connectivity index (χ4v) is 1.22. The van der Waals surface area contributed by atoms with Crippen molar-refractivity contribution in [2.75, 3.05) is 0 Å². The second-order valence-corrected chi connectivity index (χ2v) is 2.53. The van der Waals surface area contributed by atoms with Crippen molar-refractivity contribution in [1.82, 2.24) is 4.98 Å². The molecule has 0 aromatic carbocycles. The highest BCUT2D eigenvalue weighted by molar-refractivity contribution is 5.53. The van der Waals surface area contributed by atoms with Crippen LogP contribution in [0.2, 0.25) is 0 Å². The van der Waals surface area contributed by atoms with E-state index in [0.29, 0.717) is 0 Å². The zero-order valence-electron chi connectivity index (χ0n) is 9.09. The van der Waals surface area contributed by atoms with Gasteiger partial charge in [-0.1, -0.05) is 33.4 Å². The van der Waals surface area contributed by atoms with Crippen molar-refractivity contribution in [3.8, 4) is 0 Å². The smallest absolute Gasteiger partial charge is 0.0447 e. The van der Waals surface area contributed by atoms with Crippen LogP contribution < -0.4 is 0 Å². The van der Waals surface area contributed by atoms with Crippen LogP contribution in [0.3, 0.4) is 0 Å². The van der Waals surface area contributed by atoms with E-state index >= 15 is 0 Å². The molecule has 1 aromatic rings. The molecule has 0 radical (unpaired) electrons. The van der Waals surface area contributed by atoms with Gasteiger partial charge in [-0.3, -0.25) is 4.98 Å². The lowest BCUT2D eigenvalue weighted by Crippen LogP contribution is -1.92. The van der Waals surface area contributed by atoms with Crippen LogP contribution >= 0.6 is 0 Å². The molecule has 0 saturated heterocycles. The SMILES string of the molecule is C=Cc1c(CC)ccnc1C.CC. The van der Waals surface area contributed by atoms with Crippen molar-refractivity contribution < 1.29 is 0 Å². The third-order valence-electron chi connectivity index (χ3n) is 1.86. The van der Waals surface area contributed by atoms with Gasteiger partial charge in [0, 0.05) is 11.9 Å². The van der Waals surface area contributed by atoms with Crippen molar-refractivity contribution >= 4 is 6.08 Å². The molecule has 1 aromatic heterocycles. The number of pyridine rings is 1. The number of rotatable bonds is 2. The summed E-state index contributed by atoms with van der Waals surface area (Å²) in [5.74, 6) is 0. The summed E-state index contributed by atoms with van der Waals surface area (Å²) in [7, 11) is 0. The first kappa shape index (κ1) is 11.9. The summed E-state index contributed by atoms with van der Waals surface area (Å²) >= 11 is 0. The van der Waals surface area contributed by atoms with Crippen molar-refractivity contribution in [1.29, 1.82) is 0 Å². The summed E-state index contributed by atoms with van der Waals surface area (Å²) in [6.07, 6.45) is 4.77. The van der Waals surface area contributed by atoms with E-state index in [4.69, 9.17) is 0 Å². The second kappa shape index (κ2) is 6.41. The van der Waals surface area contributed by atoms with Crippen molar-refractivity contribution in [3.63, 3.8) is 0 Å². The van der Waals surface area contributed by atoms with Gasteiger partial charge in [0.2, 0.25) is 0 Å². The minimum atomic E-state index is 1.05. The largest absolute Gasteiger partial charge is 0.261 e. The summed E-state index contributed by atoms with van der Waals surface area (Å²) < 4.78 is 0. The molecule has 0 fully saturated rings. The molecule has 0 N–H and O–H groups in total. The van der Waals surface area contributed by atoms with Crippen LogP contribution in [0.4, 0.5) is 0 Å². The lowest BCUT2D eigenvalue weighted by atomic mass is 10.1. The molecule has 0 spiro atoms. The number of hydrogen-bond donors (Lipinski definition) is 0. The van der Waals surface area contributed by atoms with Gasteiger partial charge in [-0.2, -0.15) is 0 Å². The Kier molecular flexibility index (Phi) is 5.86. The van der Waals surface area contributed by atoms with Gasteiger partial charge >= 0.3 is 0 Å². The molecule has 0 unspecified atom stereocenters. The van der Waals surface area contributed by atoms with E-state index in [0.717, 1.165) is 12.1 Å². The Bertz CT molecular complexity index is 264. The van der Waals surface area contributed by atoms with E-state index in [-0.39, 0.29) is 0 Å². The maximum absolute atomic E-state index is 4.19. The third kappa shape index (κ3) is 3.02. The Morgan fingerprint density at radius 2 is 2.08 bits per heavy atom. The van der Waals surface area contributed by atoms with Crippen LogP contribution in [0.25, 0.3) is 6.08 Å². The molecule has 0 atom stereocenters. The second-order valence-electron chi connectivity index (χ2n) is 2.53. The summed E-state index contributed by atoms with van der Waals surface area (Å²) in [5.41, 5.74) is 3.59. The molecule has 13 heavy (non-hydrogen) atoms. The van der Waals surface area contributed by atoms with Gasteiger partial charge in [-0.05, 0) is 30.5 Å². The van der Waals surface area contributed by atoms with Crippen LogP contribution in [-0.2, 0) is 6.42 Å². The highest BCUT2D eigenvalue weighted by atomic mass is 14.7. The molecule has 72 valence electrons. The van der Waals surface area contributed by atoms with E-state index in [1.54, 1.807) is 0 Å². The Labute approximate surface area is 81.5 Å². The Hall–Kier alpha value is -1.11. The Morgan fingerprint density at radius 1 is 1.46 bits per heavy atom. The molecule has 0 bridgehead atoms. The van der Waals surface area contributed by atoms with Gasteiger partial charge < -0.3 is 0 Å². The van der Waals surface area contributed by atoms with Crippen LogP contribution in [0.1, 0.15) is 37.6 Å². The quantitative estimate of drug-likeness (QED) is 0.672. The zero-order valence-corrected chi connectivity index (χ0v) is 9.09. The molecule has 1 rings (SSSR count). The fraction of sp³-hybridized carbons (Fsp3) is 0.417. The van der Waals surface area contributed by atoms with Crippen LogP contribution in [0.15, 0.2) is 18.8 Å². The first-order valence-electron chi connectivity index (χ1n) is 4.86. The fourth-order valence-electron chi connectivity index (χ4n) is 1.22. The van der Waals surface area contributed by atoms with Crippen LogP contribution in [-0.4, -0.2) is 4.98 Å². The zero-order chi connectivity index (χ0) is 10.3. The maximum Gasteiger partial charge on any atom is 0.0447 e. The summed E-state index contributed by atoms with van der Waals surface area (Å²) in [6, 6.07) is 2.05. The highest BCUT2D eigenvalue weighted by Crippen LogP contribution is 2.12. The molecule has 1 heteroatoms. The van der Waals surface area contributed by atoms with E-state index in [1.807, 2.05) is 39.1 Å². The normalized spacial score (nSPS) is 8.62. The van der Waals surface area contributed by atoms with Crippen LogP contribution in [0.5, 0.6) is 0 Å². The van der Waals surface area contributed by atoms with E-state index in [9.17, 15) is 0 Å². The molecule has 1 nitrogen and oxygen atoms in total. The molecular formula is C12H19N. The molecule has 0 aliphatic heterocycles. The number of aryl methyl sites for hydroxylation is 2. The average Bonchev–Trinajstić information content (AvgIpc) is 2.20. The van der Waals surface area contributed by atoms with Gasteiger partial charge in [0.25, 0.3) is 0 Å². The third-order valence-corrected chi connectivity index (χ3v) is 1.86. The summed E-state index contributed by atoms with van der Waals surface area (Å²) in [6.45, 7) is 11.9. The maximum atomic E-state index is 4.19. The highest BCUT2D eigenvalue weighted by Gasteiger charge is 1.99. The lowest BCUT2D eigenvalue weighted by Gasteiger charge is -2.04. The molecule has 0 aliphatic rings. The first-order valence-corrected chi connectivity index (χ1v) is 4.86. The predicted molar refractivity (Wildman–Crippen MR) is 59.8 cm³/mol. The van der Waals surface area contributed by atoms with E-state index < -0.39 is 0 Å². The molecular weight excluding hydrogens is 158 g/mol. The van der Waals surface area contributed by atoms with Gasteiger partial charge in [0.05, 0.1) is 0 Å². The first-order chi connectivity index (χ1) is 6.29. The molecule has 0 amide bonds. The monoisotopic (exact) mass is 177 g/mol. The Balaban J connectivity index is 0.000000671. The minimum Gasteiger partial charge on any atom is -0.261 e. The molecule has 0 saturated carbocycles. The van der Waals surface area contributed by atoms with Gasteiger partial charge in [0.15, 0.2) is 0 Å². The molecule has 1 heterocycles. The van der Waals surface area contributed by atoms with Crippen molar-refractivity contribution in [3.05, 3.63) is 35.7 Å². The van der Waals surface area contributed by atoms with E-state index in [2.05, 4.69) is 18.5 Å². The minimum absolute atomic E-state index is 1.05. The lowest BCUT2D eigenvalue weighted by molar-refractivity contribution is 1.08. The standard InChI is InChI=1S/C10H13N.C2H6/c1-4-9-6-7-11-8(3)10(9)5-2;1-2/h5-7H,2,4H2,1,3H3;1-2H3. The van der Waals surface area contributed by atoms with Crippen LogP contribution in [0, 0.1) is 6.92 Å². The summed E-state index contributed by atoms with van der Waals surface area (Å²) in [4.78, 5) is 4.19. The Morgan fingerprint density at radius 3 is 2.46 bits per heavy atom. The van der Waals surface area contributed by atoms with Crippen molar-refractivity contribution in [2.24, 2.45) is 0 Å². The molecule has 0 aliphatic carbocycles. The number of nitrogens with zero attached hydrogens (tertiary/aromatic N) is 1. The summed E-state index contributed by atoms with van der Waals surface area (Å²) in [5, 5.41) is 0. The number of aromatic nitrogens is 1. The van der Waals surface area contributed by atoms with E-state index in [1.165, 1.54) is 11.1 Å². The van der Waals surface area contributed by atoms with Gasteiger partial charge in [-0.15, -0.1) is 0 Å². The number of hydrogen-bond acceptors (Lipinski definition) is 1. The van der Waals surface area contributed by atoms with Gasteiger partial charge in [0.1, 0.15) is 0 Å². The average molecular weight is 177 g/mol.